The van der Waals surface area contributed by atoms with Crippen molar-refractivity contribution < 1.29 is 9.32 Å². The van der Waals surface area contributed by atoms with Gasteiger partial charge in [-0.1, -0.05) is 17.3 Å². The Morgan fingerprint density at radius 1 is 1.17 bits per heavy atom. The Balaban J connectivity index is 1.59. The van der Waals surface area contributed by atoms with Crippen LogP contribution < -0.4 is 4.90 Å². The summed E-state index contributed by atoms with van der Waals surface area (Å²) in [7, 11) is 0. The first-order valence-electron chi connectivity index (χ1n) is 7.92. The molecular weight excluding hydrogens is 292 g/mol. The van der Waals surface area contributed by atoms with E-state index < -0.39 is 0 Å². The van der Waals surface area contributed by atoms with Crippen molar-refractivity contribution in [3.8, 4) is 0 Å². The van der Waals surface area contributed by atoms with Crippen molar-refractivity contribution in [2.75, 3.05) is 31.1 Å². The van der Waals surface area contributed by atoms with Gasteiger partial charge in [-0.2, -0.15) is 4.98 Å². The highest BCUT2D eigenvalue weighted by Gasteiger charge is 2.23. The molecule has 6 heteroatoms. The molecule has 1 aliphatic rings. The van der Waals surface area contributed by atoms with E-state index >= 15 is 0 Å². The molecule has 1 amide bonds. The highest BCUT2D eigenvalue weighted by molar-refractivity contribution is 5.78. The highest BCUT2D eigenvalue weighted by atomic mass is 16.5. The van der Waals surface area contributed by atoms with Crippen LogP contribution in [0.25, 0.3) is 0 Å². The Hall–Kier alpha value is -2.37. The Morgan fingerprint density at radius 3 is 2.57 bits per heavy atom. The van der Waals surface area contributed by atoms with Gasteiger partial charge in [0.2, 0.25) is 11.8 Å². The number of benzene rings is 1. The van der Waals surface area contributed by atoms with Gasteiger partial charge in [-0.25, -0.2) is 0 Å². The second kappa shape index (κ2) is 6.40. The van der Waals surface area contributed by atoms with E-state index in [1.165, 1.54) is 16.8 Å². The van der Waals surface area contributed by atoms with Crippen molar-refractivity contribution in [3.05, 3.63) is 41.0 Å². The van der Waals surface area contributed by atoms with Crippen LogP contribution in [0.1, 0.15) is 22.8 Å². The van der Waals surface area contributed by atoms with Gasteiger partial charge in [-0.05, 0) is 38.0 Å². The maximum Gasteiger partial charge on any atom is 0.236 e. The lowest BCUT2D eigenvalue weighted by Crippen LogP contribution is -2.49. The molecule has 0 saturated carbocycles. The van der Waals surface area contributed by atoms with Crippen LogP contribution in [-0.2, 0) is 11.2 Å². The minimum atomic E-state index is 0.0502. The molecule has 1 aromatic heterocycles. The average molecular weight is 314 g/mol. The van der Waals surface area contributed by atoms with Crippen LogP contribution in [0.5, 0.6) is 0 Å². The van der Waals surface area contributed by atoms with Crippen molar-refractivity contribution in [2.45, 2.75) is 27.2 Å². The largest absolute Gasteiger partial charge is 0.368 e. The highest BCUT2D eigenvalue weighted by Crippen LogP contribution is 2.23. The van der Waals surface area contributed by atoms with Crippen molar-refractivity contribution in [1.82, 2.24) is 15.0 Å². The number of aromatic nitrogens is 2. The van der Waals surface area contributed by atoms with E-state index in [0.29, 0.717) is 11.7 Å². The third kappa shape index (κ3) is 3.36. The predicted octanol–water partition coefficient (Wildman–Crippen LogP) is 1.89. The quantitative estimate of drug-likeness (QED) is 0.865. The maximum absolute atomic E-state index is 12.3. The van der Waals surface area contributed by atoms with Gasteiger partial charge in [-0.15, -0.1) is 0 Å². The Morgan fingerprint density at radius 2 is 1.91 bits per heavy atom. The minimum absolute atomic E-state index is 0.0502. The fourth-order valence-electron chi connectivity index (χ4n) is 2.93. The number of carbonyl (C=O) groups is 1. The summed E-state index contributed by atoms with van der Waals surface area (Å²) in [5.74, 6) is 1.01. The molecule has 1 aromatic carbocycles. The monoisotopic (exact) mass is 314 g/mol. The number of hydrogen-bond donors (Lipinski definition) is 0. The molecule has 2 aromatic rings. The number of rotatable bonds is 3. The molecular formula is C17H22N4O2. The van der Waals surface area contributed by atoms with E-state index in [0.717, 1.165) is 26.2 Å². The van der Waals surface area contributed by atoms with E-state index in [1.54, 1.807) is 6.92 Å². The molecule has 0 unspecified atom stereocenters. The summed E-state index contributed by atoms with van der Waals surface area (Å²) in [5, 5.41) is 3.72. The van der Waals surface area contributed by atoms with Gasteiger partial charge in [0, 0.05) is 31.9 Å². The second-order valence-electron chi connectivity index (χ2n) is 6.00. The summed E-state index contributed by atoms with van der Waals surface area (Å²) in [6.07, 6.45) is 0.185. The Labute approximate surface area is 136 Å². The van der Waals surface area contributed by atoms with E-state index in [9.17, 15) is 4.79 Å². The summed E-state index contributed by atoms with van der Waals surface area (Å²) < 4.78 is 5.03. The van der Waals surface area contributed by atoms with Crippen LogP contribution in [0, 0.1) is 20.8 Å². The van der Waals surface area contributed by atoms with Gasteiger partial charge in [0.15, 0.2) is 5.82 Å². The van der Waals surface area contributed by atoms with Crippen molar-refractivity contribution in [1.29, 1.82) is 0 Å². The third-order valence-corrected chi connectivity index (χ3v) is 4.42. The molecule has 23 heavy (non-hydrogen) atoms. The molecule has 0 spiro atoms. The van der Waals surface area contributed by atoms with Crippen LogP contribution in [0.15, 0.2) is 22.7 Å². The van der Waals surface area contributed by atoms with Crippen LogP contribution in [0.4, 0.5) is 5.69 Å². The second-order valence-corrected chi connectivity index (χ2v) is 6.00. The molecule has 1 aliphatic heterocycles. The van der Waals surface area contributed by atoms with Gasteiger partial charge < -0.3 is 14.3 Å². The number of hydrogen-bond acceptors (Lipinski definition) is 5. The zero-order valence-electron chi connectivity index (χ0n) is 13.9. The number of carbonyl (C=O) groups excluding carboxylic acids is 1. The van der Waals surface area contributed by atoms with Gasteiger partial charge in [-0.3, -0.25) is 4.79 Å². The lowest BCUT2D eigenvalue weighted by atomic mass is 10.1. The fraction of sp³-hybridized carbons (Fsp3) is 0.471. The van der Waals surface area contributed by atoms with E-state index in [2.05, 4.69) is 47.1 Å². The number of nitrogens with zero attached hydrogens (tertiary/aromatic N) is 4. The molecule has 1 saturated heterocycles. The number of anilines is 1. The molecule has 0 N–H and O–H groups in total. The molecule has 0 radical (unpaired) electrons. The normalized spacial score (nSPS) is 15.1. The van der Waals surface area contributed by atoms with Crippen molar-refractivity contribution >= 4 is 11.6 Å². The van der Waals surface area contributed by atoms with Crippen LogP contribution in [-0.4, -0.2) is 47.1 Å². The SMILES string of the molecule is Cc1noc(CC(=O)N2CCN(c3cccc(C)c3C)CC2)n1. The molecule has 0 bridgehead atoms. The van der Waals surface area contributed by atoms with Crippen molar-refractivity contribution in [2.24, 2.45) is 0 Å². The molecule has 2 heterocycles. The molecule has 3 rings (SSSR count). The lowest BCUT2D eigenvalue weighted by Gasteiger charge is -2.37. The minimum Gasteiger partial charge on any atom is -0.368 e. The average Bonchev–Trinajstić information content (AvgIpc) is 2.95. The third-order valence-electron chi connectivity index (χ3n) is 4.42. The van der Waals surface area contributed by atoms with Gasteiger partial charge in [0.1, 0.15) is 6.42 Å². The number of amides is 1. The topological polar surface area (TPSA) is 62.5 Å². The Kier molecular flexibility index (Phi) is 4.32. The predicted molar refractivity (Wildman–Crippen MR) is 87.4 cm³/mol. The molecule has 0 atom stereocenters. The summed E-state index contributed by atoms with van der Waals surface area (Å²) in [6.45, 7) is 9.17. The zero-order chi connectivity index (χ0) is 16.4. The standard InChI is InChI=1S/C17H22N4O2/c1-12-5-4-6-15(13(12)2)20-7-9-21(10-8-20)17(22)11-16-18-14(3)19-23-16/h4-6H,7-11H2,1-3H3. The fourth-order valence-corrected chi connectivity index (χ4v) is 2.93. The first kappa shape index (κ1) is 15.5. The summed E-state index contributed by atoms with van der Waals surface area (Å²) >= 11 is 0. The van der Waals surface area contributed by atoms with Crippen LogP contribution in [0.3, 0.4) is 0 Å². The van der Waals surface area contributed by atoms with Gasteiger partial charge in [0.05, 0.1) is 0 Å². The molecule has 0 aliphatic carbocycles. The van der Waals surface area contributed by atoms with Crippen LogP contribution >= 0.6 is 0 Å². The smallest absolute Gasteiger partial charge is 0.236 e. The molecule has 1 fully saturated rings. The molecule has 122 valence electrons. The Bertz CT molecular complexity index is 702. The van der Waals surface area contributed by atoms with E-state index in [1.807, 2.05) is 4.90 Å². The van der Waals surface area contributed by atoms with E-state index in [-0.39, 0.29) is 12.3 Å². The van der Waals surface area contributed by atoms with E-state index in [4.69, 9.17) is 4.52 Å². The number of piperazine rings is 1. The van der Waals surface area contributed by atoms with Gasteiger partial charge in [0.25, 0.3) is 0 Å². The maximum atomic E-state index is 12.3. The summed E-state index contributed by atoms with van der Waals surface area (Å²) in [4.78, 5) is 20.6. The first-order valence-corrected chi connectivity index (χ1v) is 7.92. The number of aryl methyl sites for hydroxylation is 2. The lowest BCUT2D eigenvalue weighted by molar-refractivity contribution is -0.131. The van der Waals surface area contributed by atoms with Crippen molar-refractivity contribution in [3.63, 3.8) is 0 Å². The zero-order valence-corrected chi connectivity index (χ0v) is 13.9. The summed E-state index contributed by atoms with van der Waals surface area (Å²) in [6, 6.07) is 6.37. The molecule has 6 nitrogen and oxygen atoms in total. The van der Waals surface area contributed by atoms with Crippen LogP contribution in [0.2, 0.25) is 0 Å². The van der Waals surface area contributed by atoms with Gasteiger partial charge >= 0.3 is 0 Å². The first-order chi connectivity index (χ1) is 11.0. The summed E-state index contributed by atoms with van der Waals surface area (Å²) in [5.41, 5.74) is 3.88.